The van der Waals surface area contributed by atoms with Crippen molar-refractivity contribution in [2.24, 2.45) is 5.73 Å². The van der Waals surface area contributed by atoms with Crippen LogP contribution >= 0.6 is 12.2 Å². The summed E-state index contributed by atoms with van der Waals surface area (Å²) in [7, 11) is 0. The molecule has 0 aromatic heterocycles. The number of amides is 4. The molecule has 1 fully saturated rings. The first-order valence-electron chi connectivity index (χ1n) is 16.3. The van der Waals surface area contributed by atoms with E-state index in [1.165, 1.54) is 0 Å². The van der Waals surface area contributed by atoms with Gasteiger partial charge in [-0.3, -0.25) is 14.4 Å². The third kappa shape index (κ3) is 11.1. The van der Waals surface area contributed by atoms with Crippen molar-refractivity contribution in [3.05, 3.63) is 108 Å². The molecule has 0 spiro atoms. The van der Waals surface area contributed by atoms with E-state index in [-0.39, 0.29) is 24.5 Å². The fourth-order valence-electron chi connectivity index (χ4n) is 5.80. The Kier molecular flexibility index (Phi) is 12.9. The maximum Gasteiger partial charge on any atom is 0.408 e. The van der Waals surface area contributed by atoms with Gasteiger partial charge in [0.05, 0.1) is 23.5 Å². The second-order valence-electron chi connectivity index (χ2n) is 13.3. The monoisotopic (exact) mass is 687 g/mol. The molecule has 1 saturated heterocycles. The number of carbonyl (C=O) groups excluding carboxylic acids is 4. The molecule has 11 nitrogen and oxygen atoms in total. The second-order valence-corrected chi connectivity index (χ2v) is 13.7. The third-order valence-corrected chi connectivity index (χ3v) is 8.52. The van der Waals surface area contributed by atoms with E-state index in [0.29, 0.717) is 18.0 Å². The van der Waals surface area contributed by atoms with E-state index in [1.807, 2.05) is 75.4 Å². The first-order valence-corrected chi connectivity index (χ1v) is 16.7. The molecule has 5 atom stereocenters. The number of carbonyl (C=O) groups is 4. The number of hydrogen-bond acceptors (Lipinski definition) is 7. The van der Waals surface area contributed by atoms with Gasteiger partial charge in [-0.25, -0.2) is 4.79 Å². The Morgan fingerprint density at radius 1 is 0.918 bits per heavy atom. The molecule has 0 unspecified atom stereocenters. The van der Waals surface area contributed by atoms with Gasteiger partial charge in [0.1, 0.15) is 12.6 Å². The van der Waals surface area contributed by atoms with Crippen LogP contribution in [0, 0.1) is 0 Å². The fourth-order valence-corrected chi connectivity index (χ4v) is 6.33. The number of nitrogens with one attached hydrogen (secondary N) is 3. The van der Waals surface area contributed by atoms with Crippen LogP contribution in [-0.2, 0) is 32.1 Å². The molecule has 6 N–H and O–H groups in total. The summed E-state index contributed by atoms with van der Waals surface area (Å²) in [5, 5.41) is 20.2. The number of benzene rings is 3. The molecule has 49 heavy (non-hydrogen) atoms. The SMILES string of the molecule is CC(C)(C)NC(=S)[C@@H]1C[C@@H](c2ccccc2)CN1C(=O)[C@@H](O)[C@H](Cc1ccccc1)NC(=O)[C@H](CC(N)=O)NC(=O)OCc1ccccc1. The van der Waals surface area contributed by atoms with Crippen molar-refractivity contribution in [3.63, 3.8) is 0 Å². The highest BCUT2D eigenvalue weighted by Gasteiger charge is 2.43. The molecule has 1 heterocycles. The summed E-state index contributed by atoms with van der Waals surface area (Å²) in [5.41, 5.74) is 7.58. The van der Waals surface area contributed by atoms with Crippen molar-refractivity contribution in [2.45, 2.75) is 82.3 Å². The van der Waals surface area contributed by atoms with Gasteiger partial charge in [-0.05, 0) is 50.3 Å². The van der Waals surface area contributed by atoms with E-state index in [9.17, 15) is 24.3 Å². The van der Waals surface area contributed by atoms with E-state index in [2.05, 4.69) is 16.0 Å². The van der Waals surface area contributed by atoms with Crippen LogP contribution in [-0.4, -0.2) is 75.1 Å². The van der Waals surface area contributed by atoms with Gasteiger partial charge in [0.2, 0.25) is 11.8 Å². The molecule has 1 aliphatic heterocycles. The highest BCUT2D eigenvalue weighted by atomic mass is 32.1. The molecule has 0 saturated carbocycles. The number of ether oxygens (including phenoxy) is 1. The quantitative estimate of drug-likeness (QED) is 0.171. The number of aliphatic hydroxyl groups is 1. The van der Waals surface area contributed by atoms with E-state index in [1.54, 1.807) is 41.3 Å². The Bertz CT molecular complexity index is 1590. The van der Waals surface area contributed by atoms with Crippen molar-refractivity contribution in [1.82, 2.24) is 20.9 Å². The number of nitrogens with zero attached hydrogens (tertiary/aromatic N) is 1. The van der Waals surface area contributed by atoms with Crippen molar-refractivity contribution >= 4 is 41.0 Å². The molecule has 260 valence electrons. The Morgan fingerprint density at radius 3 is 2.06 bits per heavy atom. The van der Waals surface area contributed by atoms with Crippen LogP contribution in [0.3, 0.4) is 0 Å². The largest absolute Gasteiger partial charge is 0.445 e. The summed E-state index contributed by atoms with van der Waals surface area (Å²) in [5.74, 6) is -2.29. The van der Waals surface area contributed by atoms with Crippen molar-refractivity contribution < 1.29 is 29.0 Å². The summed E-state index contributed by atoms with van der Waals surface area (Å²) in [6.07, 6.45) is -2.54. The van der Waals surface area contributed by atoms with Gasteiger partial charge in [0.15, 0.2) is 6.10 Å². The first-order chi connectivity index (χ1) is 23.3. The summed E-state index contributed by atoms with van der Waals surface area (Å²) >= 11 is 5.80. The number of thiocarbonyl (C=S) groups is 1. The molecule has 0 radical (unpaired) electrons. The minimum absolute atomic E-state index is 0.0321. The minimum atomic E-state index is -1.70. The van der Waals surface area contributed by atoms with Crippen LogP contribution < -0.4 is 21.7 Å². The second kappa shape index (κ2) is 17.0. The van der Waals surface area contributed by atoms with Gasteiger partial charge in [-0.2, -0.15) is 0 Å². The van der Waals surface area contributed by atoms with Crippen LogP contribution in [0.5, 0.6) is 0 Å². The zero-order valence-electron chi connectivity index (χ0n) is 28.0. The van der Waals surface area contributed by atoms with E-state index in [0.717, 1.165) is 16.7 Å². The fraction of sp³-hybridized carbons (Fsp3) is 0.378. The Labute approximate surface area is 292 Å². The van der Waals surface area contributed by atoms with Crippen molar-refractivity contribution in [1.29, 1.82) is 0 Å². The van der Waals surface area contributed by atoms with Crippen LogP contribution in [0.25, 0.3) is 0 Å². The lowest BCUT2D eigenvalue weighted by Gasteiger charge is -2.33. The molecular weight excluding hydrogens is 643 g/mol. The van der Waals surface area contributed by atoms with Gasteiger partial charge >= 0.3 is 6.09 Å². The molecule has 4 amide bonds. The zero-order chi connectivity index (χ0) is 35.6. The van der Waals surface area contributed by atoms with Gasteiger partial charge in [-0.15, -0.1) is 0 Å². The van der Waals surface area contributed by atoms with E-state index >= 15 is 0 Å². The number of rotatable bonds is 13. The topological polar surface area (TPSA) is 163 Å². The summed E-state index contributed by atoms with van der Waals surface area (Å²) in [6.45, 7) is 6.17. The van der Waals surface area contributed by atoms with Gasteiger partial charge in [0, 0.05) is 18.0 Å². The lowest BCUT2D eigenvalue weighted by molar-refractivity contribution is -0.142. The summed E-state index contributed by atoms with van der Waals surface area (Å²) < 4.78 is 5.25. The standard InChI is InChI=1S/C37H45N5O6S/c1-37(2,3)41-34(49)30-20-27(26-17-11-6-12-18-26)22-42(30)35(46)32(44)28(19-24-13-7-4-8-14-24)39-33(45)29(21-31(38)43)40-36(47)48-23-25-15-9-5-10-16-25/h4-18,27-30,32,44H,19-23H2,1-3H3,(H2,38,43)(H,39,45)(H,40,47)(H,41,49)/t27-,28+,29+,30+,32+/m1/s1. The van der Waals surface area contributed by atoms with E-state index < -0.39 is 54.5 Å². The lowest BCUT2D eigenvalue weighted by Crippen LogP contribution is -2.59. The predicted molar refractivity (Wildman–Crippen MR) is 190 cm³/mol. The third-order valence-electron chi connectivity index (χ3n) is 8.14. The molecule has 1 aliphatic rings. The molecule has 3 aromatic carbocycles. The Hall–Kier alpha value is -4.81. The van der Waals surface area contributed by atoms with E-state index in [4.69, 9.17) is 22.7 Å². The van der Waals surface area contributed by atoms with Crippen molar-refractivity contribution in [3.8, 4) is 0 Å². The molecule has 4 rings (SSSR count). The Morgan fingerprint density at radius 2 is 1.49 bits per heavy atom. The summed E-state index contributed by atoms with van der Waals surface area (Å²) in [6, 6.07) is 24.7. The number of primary amides is 1. The average molecular weight is 688 g/mol. The van der Waals surface area contributed by atoms with Crippen LogP contribution in [0.4, 0.5) is 4.79 Å². The van der Waals surface area contributed by atoms with Gasteiger partial charge < -0.3 is 36.4 Å². The molecule has 12 heteroatoms. The lowest BCUT2D eigenvalue weighted by atomic mass is 9.96. The number of alkyl carbamates (subject to hydrolysis) is 1. The predicted octanol–water partition coefficient (Wildman–Crippen LogP) is 3.35. The average Bonchev–Trinajstić information content (AvgIpc) is 3.52. The number of hydrogen-bond donors (Lipinski definition) is 5. The van der Waals surface area contributed by atoms with Gasteiger partial charge in [0.25, 0.3) is 5.91 Å². The highest BCUT2D eigenvalue weighted by Crippen LogP contribution is 2.33. The smallest absolute Gasteiger partial charge is 0.408 e. The minimum Gasteiger partial charge on any atom is -0.445 e. The van der Waals surface area contributed by atoms with Crippen molar-refractivity contribution in [2.75, 3.05) is 6.54 Å². The molecule has 0 aliphatic carbocycles. The van der Waals surface area contributed by atoms with Crippen LogP contribution in [0.2, 0.25) is 0 Å². The molecule has 0 bridgehead atoms. The molecular formula is C37H45N5O6S. The summed E-state index contributed by atoms with van der Waals surface area (Å²) in [4.78, 5) is 54.5. The first kappa shape index (κ1) is 37.0. The Balaban J connectivity index is 1.56. The van der Waals surface area contributed by atoms with Crippen LogP contribution in [0.1, 0.15) is 56.2 Å². The van der Waals surface area contributed by atoms with Crippen LogP contribution in [0.15, 0.2) is 91.0 Å². The normalized spacial score (nSPS) is 17.7. The number of aliphatic hydroxyl groups excluding tert-OH is 1. The number of likely N-dealkylation sites (tertiary alicyclic amines) is 1. The zero-order valence-corrected chi connectivity index (χ0v) is 28.8. The maximum atomic E-state index is 14.2. The molecule has 3 aromatic rings. The highest BCUT2D eigenvalue weighted by molar-refractivity contribution is 7.80. The maximum absolute atomic E-state index is 14.2. The number of nitrogens with two attached hydrogens (primary N) is 1. The van der Waals surface area contributed by atoms with Gasteiger partial charge in [-0.1, -0.05) is 103 Å².